The molecule has 0 aliphatic rings. The fourth-order valence-electron chi connectivity index (χ4n) is 2.26. The molecule has 0 amide bonds. The van der Waals surface area contributed by atoms with Crippen molar-refractivity contribution >= 4 is 5.69 Å². The summed E-state index contributed by atoms with van der Waals surface area (Å²) >= 11 is 0. The summed E-state index contributed by atoms with van der Waals surface area (Å²) in [5, 5.41) is 3.43. The van der Waals surface area contributed by atoms with Gasteiger partial charge < -0.3 is 14.5 Å². The summed E-state index contributed by atoms with van der Waals surface area (Å²) in [6.45, 7) is 3.80. The highest BCUT2D eigenvalue weighted by Gasteiger charge is 2.02. The largest absolute Gasteiger partial charge is 0.378 e. The summed E-state index contributed by atoms with van der Waals surface area (Å²) in [5.74, 6) is 1.05. The highest BCUT2D eigenvalue weighted by molar-refractivity contribution is 5.51. The molecule has 2 aromatic heterocycles. The smallest absolute Gasteiger partial charge is 0.128 e. The molecule has 4 heteroatoms. The van der Waals surface area contributed by atoms with Gasteiger partial charge in [0.2, 0.25) is 0 Å². The minimum absolute atomic E-state index is 0.732. The summed E-state index contributed by atoms with van der Waals surface area (Å²) in [5.41, 5.74) is 2.25. The van der Waals surface area contributed by atoms with Crippen LogP contribution in [0.1, 0.15) is 12.7 Å². The van der Waals surface area contributed by atoms with Crippen LogP contribution in [0.5, 0.6) is 0 Å². The quantitative estimate of drug-likeness (QED) is 0.769. The lowest BCUT2D eigenvalue weighted by Gasteiger charge is -2.10. The van der Waals surface area contributed by atoms with Crippen molar-refractivity contribution in [1.82, 2.24) is 14.1 Å². The van der Waals surface area contributed by atoms with Gasteiger partial charge in [-0.3, -0.25) is 0 Å². The van der Waals surface area contributed by atoms with Gasteiger partial charge in [0, 0.05) is 42.7 Å². The molecule has 1 N–H and O–H groups in total. The second-order valence-electron chi connectivity index (χ2n) is 4.62. The van der Waals surface area contributed by atoms with Gasteiger partial charge in [-0.05, 0) is 37.3 Å². The van der Waals surface area contributed by atoms with E-state index in [0.717, 1.165) is 30.3 Å². The predicted octanol–water partition coefficient (Wildman–Crippen LogP) is 3.31. The number of aromatic nitrogens is 3. The van der Waals surface area contributed by atoms with E-state index < -0.39 is 0 Å². The third-order valence-corrected chi connectivity index (χ3v) is 3.34. The number of nitrogens with one attached hydrogen (secondary N) is 1. The van der Waals surface area contributed by atoms with Gasteiger partial charge in [-0.25, -0.2) is 4.98 Å². The molecule has 3 rings (SSSR count). The molecule has 0 bridgehead atoms. The number of imidazole rings is 1. The lowest BCUT2D eigenvalue weighted by atomic mass is 10.2. The summed E-state index contributed by atoms with van der Waals surface area (Å²) in [7, 11) is 0. The zero-order chi connectivity index (χ0) is 13.8. The number of hydrogen-bond acceptors (Lipinski definition) is 2. The molecule has 2 heterocycles. The van der Waals surface area contributed by atoms with Crippen molar-refractivity contribution in [2.24, 2.45) is 0 Å². The Morgan fingerprint density at radius 2 is 1.95 bits per heavy atom. The first-order valence-corrected chi connectivity index (χ1v) is 6.84. The summed E-state index contributed by atoms with van der Waals surface area (Å²) in [6, 6.07) is 12.4. The first-order chi connectivity index (χ1) is 9.86. The molecular weight excluding hydrogens is 248 g/mol. The van der Waals surface area contributed by atoms with Gasteiger partial charge in [-0.15, -0.1) is 0 Å². The van der Waals surface area contributed by atoms with Crippen LogP contribution in [0.2, 0.25) is 0 Å². The minimum Gasteiger partial charge on any atom is -0.378 e. The average molecular weight is 266 g/mol. The van der Waals surface area contributed by atoms with Crippen LogP contribution in [0.15, 0.2) is 61.2 Å². The van der Waals surface area contributed by atoms with E-state index in [1.54, 1.807) is 0 Å². The molecule has 0 aliphatic heterocycles. The minimum atomic E-state index is 0.732. The second kappa shape index (κ2) is 5.65. The van der Waals surface area contributed by atoms with Crippen LogP contribution >= 0.6 is 0 Å². The monoisotopic (exact) mass is 266 g/mol. The van der Waals surface area contributed by atoms with Crippen LogP contribution in [0.3, 0.4) is 0 Å². The summed E-state index contributed by atoms with van der Waals surface area (Å²) < 4.78 is 4.24. The Balaban J connectivity index is 1.74. The van der Waals surface area contributed by atoms with Crippen LogP contribution in [-0.4, -0.2) is 14.1 Å². The molecule has 0 radical (unpaired) electrons. The van der Waals surface area contributed by atoms with Crippen molar-refractivity contribution in [2.45, 2.75) is 20.0 Å². The Labute approximate surface area is 118 Å². The van der Waals surface area contributed by atoms with E-state index in [2.05, 4.69) is 50.6 Å². The van der Waals surface area contributed by atoms with E-state index in [9.17, 15) is 0 Å². The van der Waals surface area contributed by atoms with Gasteiger partial charge in [0.15, 0.2) is 0 Å². The SMILES string of the molecule is CCn1ccnc1CNc1cccc(-n2cccc2)c1. The van der Waals surface area contributed by atoms with E-state index in [0.29, 0.717) is 0 Å². The molecule has 0 spiro atoms. The average Bonchev–Trinajstić information content (AvgIpc) is 3.16. The molecule has 1 aromatic carbocycles. The van der Waals surface area contributed by atoms with E-state index in [1.807, 2.05) is 36.9 Å². The Kier molecular flexibility index (Phi) is 3.54. The van der Waals surface area contributed by atoms with E-state index in [1.165, 1.54) is 0 Å². The van der Waals surface area contributed by atoms with Gasteiger partial charge in [0.1, 0.15) is 5.82 Å². The normalized spacial score (nSPS) is 10.7. The van der Waals surface area contributed by atoms with Crippen molar-refractivity contribution in [3.05, 3.63) is 67.0 Å². The Morgan fingerprint density at radius 1 is 1.10 bits per heavy atom. The van der Waals surface area contributed by atoms with E-state index in [4.69, 9.17) is 0 Å². The van der Waals surface area contributed by atoms with Crippen molar-refractivity contribution in [1.29, 1.82) is 0 Å². The lowest BCUT2D eigenvalue weighted by molar-refractivity contribution is 0.708. The predicted molar refractivity (Wildman–Crippen MR) is 81.0 cm³/mol. The molecule has 102 valence electrons. The number of rotatable bonds is 5. The molecule has 3 aromatic rings. The molecular formula is C16H18N4. The number of aryl methyl sites for hydroxylation is 1. The molecule has 0 atom stereocenters. The fraction of sp³-hybridized carbons (Fsp3) is 0.188. The van der Waals surface area contributed by atoms with Crippen molar-refractivity contribution in [3.8, 4) is 5.69 Å². The molecule has 0 unspecified atom stereocenters. The van der Waals surface area contributed by atoms with Crippen molar-refractivity contribution in [2.75, 3.05) is 5.32 Å². The number of anilines is 1. The topological polar surface area (TPSA) is 34.8 Å². The molecule has 0 saturated carbocycles. The van der Waals surface area contributed by atoms with Gasteiger partial charge in [-0.2, -0.15) is 0 Å². The maximum atomic E-state index is 4.37. The lowest BCUT2D eigenvalue weighted by Crippen LogP contribution is -2.07. The number of benzene rings is 1. The zero-order valence-electron chi connectivity index (χ0n) is 11.5. The third kappa shape index (κ3) is 2.59. The number of nitrogens with zero attached hydrogens (tertiary/aromatic N) is 3. The van der Waals surface area contributed by atoms with Gasteiger partial charge in [0.05, 0.1) is 6.54 Å². The molecule has 20 heavy (non-hydrogen) atoms. The second-order valence-corrected chi connectivity index (χ2v) is 4.62. The maximum absolute atomic E-state index is 4.37. The molecule has 0 fully saturated rings. The fourth-order valence-corrected chi connectivity index (χ4v) is 2.26. The maximum Gasteiger partial charge on any atom is 0.128 e. The first kappa shape index (κ1) is 12.5. The van der Waals surface area contributed by atoms with Gasteiger partial charge >= 0.3 is 0 Å². The Morgan fingerprint density at radius 3 is 2.75 bits per heavy atom. The van der Waals surface area contributed by atoms with Gasteiger partial charge in [-0.1, -0.05) is 6.07 Å². The van der Waals surface area contributed by atoms with Crippen LogP contribution in [-0.2, 0) is 13.1 Å². The third-order valence-electron chi connectivity index (χ3n) is 3.34. The zero-order valence-corrected chi connectivity index (χ0v) is 11.5. The summed E-state index contributed by atoms with van der Waals surface area (Å²) in [4.78, 5) is 4.37. The highest BCUT2D eigenvalue weighted by atomic mass is 15.1. The van der Waals surface area contributed by atoms with Crippen LogP contribution in [0.4, 0.5) is 5.69 Å². The van der Waals surface area contributed by atoms with E-state index >= 15 is 0 Å². The van der Waals surface area contributed by atoms with Gasteiger partial charge in [0.25, 0.3) is 0 Å². The Hall–Kier alpha value is -2.49. The Bertz CT molecular complexity index is 667. The van der Waals surface area contributed by atoms with Crippen molar-refractivity contribution < 1.29 is 0 Å². The summed E-state index contributed by atoms with van der Waals surface area (Å²) in [6.07, 6.45) is 7.94. The number of hydrogen-bond donors (Lipinski definition) is 1. The molecule has 0 saturated heterocycles. The first-order valence-electron chi connectivity index (χ1n) is 6.84. The highest BCUT2D eigenvalue weighted by Crippen LogP contribution is 2.15. The molecule has 0 aliphatic carbocycles. The van der Waals surface area contributed by atoms with Crippen LogP contribution in [0.25, 0.3) is 5.69 Å². The van der Waals surface area contributed by atoms with Crippen LogP contribution < -0.4 is 5.32 Å². The van der Waals surface area contributed by atoms with E-state index in [-0.39, 0.29) is 0 Å². The molecule has 4 nitrogen and oxygen atoms in total. The van der Waals surface area contributed by atoms with Crippen molar-refractivity contribution in [3.63, 3.8) is 0 Å². The standard InChI is InChI=1S/C16H18N4/c1-2-19-11-8-17-16(19)13-18-14-6-5-7-15(12-14)20-9-3-4-10-20/h3-12,18H,2,13H2,1H3. The van der Waals surface area contributed by atoms with Crippen LogP contribution in [0, 0.1) is 0 Å².